The van der Waals surface area contributed by atoms with Gasteiger partial charge in [-0.25, -0.2) is 0 Å². The number of rotatable bonds is 2. The number of hydrogen-bond donors (Lipinski definition) is 0. The second-order valence-electron chi connectivity index (χ2n) is 4.53. The maximum atomic E-state index is 6.10. The summed E-state index contributed by atoms with van der Waals surface area (Å²) in [5, 5.41) is 0. The van der Waals surface area contributed by atoms with E-state index in [2.05, 4.69) is 33.5 Å². The minimum atomic E-state index is 0.443. The van der Waals surface area contributed by atoms with Gasteiger partial charge in [0.15, 0.2) is 0 Å². The van der Waals surface area contributed by atoms with Crippen molar-refractivity contribution in [2.24, 2.45) is 0 Å². The maximum absolute atomic E-state index is 6.10. The Balaban J connectivity index is 0.000000686. The Morgan fingerprint density at radius 3 is 2.18 bits per heavy atom. The van der Waals surface area contributed by atoms with Crippen molar-refractivity contribution in [2.75, 3.05) is 0 Å². The van der Waals surface area contributed by atoms with Crippen molar-refractivity contribution >= 4 is 13.6 Å². The van der Waals surface area contributed by atoms with E-state index in [1.54, 1.807) is 0 Å². The van der Waals surface area contributed by atoms with E-state index in [1.807, 2.05) is 12.1 Å². The topological polar surface area (TPSA) is 9.23 Å². The summed E-state index contributed by atoms with van der Waals surface area (Å²) >= 11 is 4.25. The predicted molar refractivity (Wildman–Crippen MR) is 71.2 cm³/mol. The van der Waals surface area contributed by atoms with E-state index in [9.17, 15) is 0 Å². The Labute approximate surface area is 121 Å². The van der Waals surface area contributed by atoms with Crippen molar-refractivity contribution < 1.29 is 21.1 Å². The standard InChI is InChI=1S/C14H19O.BrH.Zn/c1-11-7-6-8-12(2)14(11)15-13-9-4-3-5-10-13;;/h7-8,13H,3-5,9-10H2,1-2H3;1H;/q-1;;+2/p-1. The molecular formula is C14H19BrOZn. The first-order valence-corrected chi connectivity index (χ1v) is 13.1. The van der Waals surface area contributed by atoms with E-state index >= 15 is 0 Å². The molecule has 0 N–H and O–H groups in total. The average Bonchev–Trinajstić information content (AvgIpc) is 2.38. The van der Waals surface area contributed by atoms with Gasteiger partial charge in [0.05, 0.1) is 6.10 Å². The number of benzene rings is 1. The van der Waals surface area contributed by atoms with Crippen molar-refractivity contribution in [1.82, 2.24) is 0 Å². The van der Waals surface area contributed by atoms with E-state index in [-0.39, 0.29) is 0 Å². The van der Waals surface area contributed by atoms with E-state index in [4.69, 9.17) is 4.74 Å². The van der Waals surface area contributed by atoms with Gasteiger partial charge in [0, 0.05) is 5.75 Å². The van der Waals surface area contributed by atoms with Crippen LogP contribution in [0.4, 0.5) is 0 Å². The second kappa shape index (κ2) is 8.26. The van der Waals surface area contributed by atoms with Gasteiger partial charge in [-0.05, 0) is 25.7 Å². The van der Waals surface area contributed by atoms with Crippen LogP contribution in [0, 0.1) is 19.9 Å². The quantitative estimate of drug-likeness (QED) is 0.558. The number of halogens is 1. The summed E-state index contributed by atoms with van der Waals surface area (Å²) < 4.78 is 6.10. The van der Waals surface area contributed by atoms with Crippen molar-refractivity contribution in [3.63, 3.8) is 0 Å². The van der Waals surface area contributed by atoms with Crippen LogP contribution < -0.4 is 4.74 Å². The molecule has 17 heavy (non-hydrogen) atoms. The predicted octanol–water partition coefficient (Wildman–Crippen LogP) is 4.66. The van der Waals surface area contributed by atoms with Crippen LogP contribution in [-0.4, -0.2) is 6.10 Å². The zero-order chi connectivity index (χ0) is 12.7. The molecule has 0 aliphatic heterocycles. The summed E-state index contributed by atoms with van der Waals surface area (Å²) in [5.74, 6) is 1.08. The van der Waals surface area contributed by atoms with Crippen LogP contribution in [0.3, 0.4) is 0 Å². The molecule has 1 nitrogen and oxygen atoms in total. The minimum absolute atomic E-state index is 0.443. The molecule has 0 saturated heterocycles. The van der Waals surface area contributed by atoms with Crippen molar-refractivity contribution in [3.05, 3.63) is 29.3 Å². The molecule has 1 aromatic carbocycles. The third-order valence-corrected chi connectivity index (χ3v) is 3.15. The van der Waals surface area contributed by atoms with Gasteiger partial charge in [-0.3, -0.25) is 0 Å². The first-order chi connectivity index (χ1) is 8.27. The van der Waals surface area contributed by atoms with Crippen molar-refractivity contribution in [2.45, 2.75) is 52.1 Å². The fourth-order valence-electron chi connectivity index (χ4n) is 2.27. The van der Waals surface area contributed by atoms with Gasteiger partial charge in [0.25, 0.3) is 0 Å². The molecule has 0 radical (unpaired) electrons. The van der Waals surface area contributed by atoms with E-state index in [1.165, 1.54) is 59.6 Å². The first-order valence-electron chi connectivity index (χ1n) is 6.18. The third kappa shape index (κ3) is 4.71. The van der Waals surface area contributed by atoms with Gasteiger partial charge in [-0.1, -0.05) is 20.3 Å². The fourth-order valence-corrected chi connectivity index (χ4v) is 2.27. The normalized spacial score (nSPS) is 16.1. The zero-order valence-corrected chi connectivity index (χ0v) is 15.3. The van der Waals surface area contributed by atoms with Crippen molar-refractivity contribution in [1.29, 1.82) is 0 Å². The zero-order valence-electron chi connectivity index (χ0n) is 10.8. The van der Waals surface area contributed by atoms with Crippen LogP contribution >= 0.6 is 13.6 Å². The van der Waals surface area contributed by atoms with Crippen LogP contribution in [0.5, 0.6) is 5.75 Å². The molecule has 0 bridgehead atoms. The molecule has 1 aliphatic rings. The van der Waals surface area contributed by atoms with Crippen LogP contribution in [0.15, 0.2) is 12.1 Å². The number of hydrogen-bond acceptors (Lipinski definition) is 1. The summed E-state index contributed by atoms with van der Waals surface area (Å²) in [7, 11) is 0. The van der Waals surface area contributed by atoms with Crippen LogP contribution in [0.2, 0.25) is 0 Å². The number of aryl methyl sites for hydroxylation is 2. The summed E-state index contributed by atoms with van der Waals surface area (Å²) in [4.78, 5) is 0. The molecule has 0 heterocycles. The molecule has 2 rings (SSSR count). The molecule has 1 aromatic rings. The van der Waals surface area contributed by atoms with Crippen molar-refractivity contribution in [3.8, 4) is 5.75 Å². The molecule has 0 amide bonds. The van der Waals surface area contributed by atoms with Gasteiger partial charge in [-0.2, -0.15) is 18.2 Å². The van der Waals surface area contributed by atoms with Crippen LogP contribution in [0.1, 0.15) is 43.2 Å². The molecule has 3 heteroatoms. The van der Waals surface area contributed by atoms with E-state index < -0.39 is 0 Å². The Bertz CT molecular complexity index is 315. The number of ether oxygens (including phenoxy) is 1. The van der Waals surface area contributed by atoms with E-state index in [0.29, 0.717) is 6.10 Å². The third-order valence-electron chi connectivity index (χ3n) is 3.15. The monoisotopic (exact) mass is 346 g/mol. The Kier molecular flexibility index (Phi) is 7.38. The molecule has 0 spiro atoms. The molecule has 0 aromatic heterocycles. The van der Waals surface area contributed by atoms with Gasteiger partial charge >= 0.3 is 30.0 Å². The van der Waals surface area contributed by atoms with Crippen LogP contribution in [-0.2, 0) is 16.3 Å². The van der Waals surface area contributed by atoms with E-state index in [0.717, 1.165) is 5.75 Å². The van der Waals surface area contributed by atoms with Crippen LogP contribution in [0.25, 0.3) is 0 Å². The summed E-state index contributed by atoms with van der Waals surface area (Å²) in [5.41, 5.74) is 2.42. The second-order valence-corrected chi connectivity index (χ2v) is 4.53. The summed E-state index contributed by atoms with van der Waals surface area (Å²) in [6, 6.07) is 7.14. The Morgan fingerprint density at radius 2 is 1.65 bits per heavy atom. The summed E-state index contributed by atoms with van der Waals surface area (Å²) in [6.45, 7) is 4.20. The summed E-state index contributed by atoms with van der Waals surface area (Å²) in [6.07, 6.45) is 6.90. The molecule has 1 aliphatic carbocycles. The fraction of sp³-hybridized carbons (Fsp3) is 0.571. The Morgan fingerprint density at radius 1 is 1.12 bits per heavy atom. The van der Waals surface area contributed by atoms with Gasteiger partial charge < -0.3 is 4.74 Å². The average molecular weight is 349 g/mol. The van der Waals surface area contributed by atoms with Gasteiger partial charge in [-0.15, -0.1) is 11.1 Å². The molecule has 1 saturated carbocycles. The Hall–Kier alpha value is 0.123. The van der Waals surface area contributed by atoms with Gasteiger partial charge in [0.2, 0.25) is 0 Å². The molecule has 0 unspecified atom stereocenters. The first kappa shape index (κ1) is 15.2. The molecule has 1 fully saturated rings. The molecule has 0 atom stereocenters. The SMILES string of the molecule is Cc1c[c-]cc(C)c1OC1CCCCC1.[Zn+][Br]. The van der Waals surface area contributed by atoms with Gasteiger partial charge in [0.1, 0.15) is 0 Å². The molecule has 90 valence electrons. The molecular weight excluding hydrogens is 329 g/mol.